The van der Waals surface area contributed by atoms with Crippen molar-refractivity contribution in [1.29, 1.82) is 0 Å². The Kier molecular flexibility index (Phi) is 3.37. The Labute approximate surface area is 69.7 Å². The smallest absolute Gasteiger partial charge is 0.282 e. The third-order valence-corrected chi connectivity index (χ3v) is 1.64. The van der Waals surface area contributed by atoms with E-state index in [1.165, 1.54) is 6.33 Å². The quantitative estimate of drug-likeness (QED) is 0.647. The second kappa shape index (κ2) is 3.61. The van der Waals surface area contributed by atoms with Crippen LogP contribution in [0.4, 0.5) is 0 Å². The zero-order chi connectivity index (χ0) is 7.61. The van der Waals surface area contributed by atoms with Crippen molar-refractivity contribution in [3.8, 4) is 0 Å². The highest BCUT2D eigenvalue weighted by Gasteiger charge is 2.07. The number of aromatic nitrogens is 2. The Balaban J connectivity index is 0.000001000. The number of hydrogen-bond acceptors (Lipinski definition) is 4. The molecule has 0 radical (unpaired) electrons. The van der Waals surface area contributed by atoms with Gasteiger partial charge in [0, 0.05) is 0 Å². The van der Waals surface area contributed by atoms with Gasteiger partial charge >= 0.3 is 0 Å². The molecule has 0 amide bonds. The summed E-state index contributed by atoms with van der Waals surface area (Å²) in [5.41, 5.74) is 0. The summed E-state index contributed by atoms with van der Waals surface area (Å²) in [6.45, 7) is 0. The summed E-state index contributed by atoms with van der Waals surface area (Å²) in [5.74, 6) is 0. The molecule has 5 nitrogen and oxygen atoms in total. The van der Waals surface area contributed by atoms with Gasteiger partial charge in [-0.15, -0.1) is 12.4 Å². The van der Waals surface area contributed by atoms with Crippen LogP contribution in [0.15, 0.2) is 23.6 Å². The van der Waals surface area contributed by atoms with Crippen molar-refractivity contribution in [3.63, 3.8) is 0 Å². The van der Waals surface area contributed by atoms with Gasteiger partial charge in [-0.25, -0.2) is 9.97 Å². The van der Waals surface area contributed by atoms with Crippen molar-refractivity contribution in [1.82, 2.24) is 9.97 Å². The molecule has 0 aliphatic carbocycles. The van der Waals surface area contributed by atoms with E-state index in [9.17, 15) is 8.42 Å². The first-order chi connectivity index (χ1) is 4.61. The SMILES string of the molecule is Cl.O=S(=O)(O)c1cncnc1. The molecule has 0 bridgehead atoms. The second-order valence-electron chi connectivity index (χ2n) is 1.55. The zero-order valence-electron chi connectivity index (χ0n) is 5.21. The Morgan fingerprint density at radius 2 is 1.73 bits per heavy atom. The average molecular weight is 197 g/mol. The Morgan fingerprint density at radius 1 is 1.27 bits per heavy atom. The molecule has 0 spiro atoms. The van der Waals surface area contributed by atoms with E-state index in [-0.39, 0.29) is 17.3 Å². The lowest BCUT2D eigenvalue weighted by atomic mass is 10.7. The Bertz CT molecular complexity index is 311. The number of nitrogens with zero attached hydrogens (tertiary/aromatic N) is 2. The van der Waals surface area contributed by atoms with Gasteiger partial charge in [-0.1, -0.05) is 0 Å². The third-order valence-electron chi connectivity index (χ3n) is 0.835. The van der Waals surface area contributed by atoms with Crippen molar-refractivity contribution >= 4 is 22.5 Å². The van der Waals surface area contributed by atoms with Gasteiger partial charge in [-0.05, 0) is 0 Å². The highest BCUT2D eigenvalue weighted by atomic mass is 35.5. The summed E-state index contributed by atoms with van der Waals surface area (Å²) in [4.78, 5) is 6.51. The molecule has 0 saturated heterocycles. The molecule has 1 aromatic heterocycles. The first-order valence-corrected chi connectivity index (χ1v) is 3.77. The third kappa shape index (κ3) is 2.79. The topological polar surface area (TPSA) is 80.2 Å². The van der Waals surface area contributed by atoms with Gasteiger partial charge in [-0.2, -0.15) is 8.42 Å². The van der Waals surface area contributed by atoms with Crippen LogP contribution in [0.2, 0.25) is 0 Å². The van der Waals surface area contributed by atoms with E-state index in [2.05, 4.69) is 9.97 Å². The molecule has 0 atom stereocenters. The zero-order valence-corrected chi connectivity index (χ0v) is 6.84. The van der Waals surface area contributed by atoms with Gasteiger partial charge in [0.05, 0.1) is 12.4 Å². The molecule has 1 heterocycles. The molecule has 0 fully saturated rings. The van der Waals surface area contributed by atoms with E-state index in [1.807, 2.05) is 0 Å². The van der Waals surface area contributed by atoms with Crippen LogP contribution in [0.3, 0.4) is 0 Å². The molecular formula is C4H5ClN2O3S. The molecule has 11 heavy (non-hydrogen) atoms. The van der Waals surface area contributed by atoms with Crippen molar-refractivity contribution in [2.45, 2.75) is 4.90 Å². The van der Waals surface area contributed by atoms with Crippen LogP contribution in [-0.4, -0.2) is 22.9 Å². The summed E-state index contributed by atoms with van der Waals surface area (Å²) in [6, 6.07) is 0. The number of hydrogen-bond donors (Lipinski definition) is 1. The van der Waals surface area contributed by atoms with Crippen molar-refractivity contribution in [2.75, 3.05) is 0 Å². The molecule has 0 unspecified atom stereocenters. The summed E-state index contributed by atoms with van der Waals surface area (Å²) in [6.07, 6.45) is 3.21. The predicted molar refractivity (Wildman–Crippen MR) is 39.1 cm³/mol. The average Bonchev–Trinajstić information content (AvgIpc) is 1.88. The molecule has 0 aliphatic rings. The minimum absolute atomic E-state index is 0. The van der Waals surface area contributed by atoms with Gasteiger partial charge in [0.2, 0.25) is 0 Å². The van der Waals surface area contributed by atoms with E-state index in [0.717, 1.165) is 12.4 Å². The first kappa shape index (κ1) is 10.3. The van der Waals surface area contributed by atoms with Crippen LogP contribution in [-0.2, 0) is 10.1 Å². The maximum Gasteiger partial charge on any atom is 0.297 e. The highest BCUT2D eigenvalue weighted by Crippen LogP contribution is 2.01. The molecule has 0 aromatic carbocycles. The maximum atomic E-state index is 10.3. The van der Waals surface area contributed by atoms with Gasteiger partial charge in [-0.3, -0.25) is 4.55 Å². The molecule has 1 N–H and O–H groups in total. The van der Waals surface area contributed by atoms with Crippen LogP contribution in [0.5, 0.6) is 0 Å². The minimum atomic E-state index is -4.13. The van der Waals surface area contributed by atoms with E-state index >= 15 is 0 Å². The van der Waals surface area contributed by atoms with Crippen molar-refractivity contribution < 1.29 is 13.0 Å². The predicted octanol–water partition coefficient (Wildman–Crippen LogP) is 0.145. The van der Waals surface area contributed by atoms with Crippen LogP contribution in [0.25, 0.3) is 0 Å². The largest absolute Gasteiger partial charge is 0.297 e. The van der Waals surface area contributed by atoms with E-state index in [4.69, 9.17) is 4.55 Å². The fourth-order valence-electron chi connectivity index (χ4n) is 0.419. The monoisotopic (exact) mass is 196 g/mol. The van der Waals surface area contributed by atoms with Gasteiger partial charge < -0.3 is 0 Å². The maximum absolute atomic E-state index is 10.3. The normalized spacial score (nSPS) is 10.3. The fourth-order valence-corrected chi connectivity index (χ4v) is 0.807. The number of halogens is 1. The lowest BCUT2D eigenvalue weighted by Crippen LogP contribution is -1.98. The van der Waals surface area contributed by atoms with E-state index in [1.54, 1.807) is 0 Å². The lowest BCUT2D eigenvalue weighted by molar-refractivity contribution is 0.482. The summed E-state index contributed by atoms with van der Waals surface area (Å²) >= 11 is 0. The van der Waals surface area contributed by atoms with Gasteiger partial charge in [0.25, 0.3) is 10.1 Å². The molecular weight excluding hydrogens is 192 g/mol. The lowest BCUT2D eigenvalue weighted by Gasteiger charge is -1.90. The fraction of sp³-hybridized carbons (Fsp3) is 0. The minimum Gasteiger partial charge on any atom is -0.282 e. The second-order valence-corrected chi connectivity index (χ2v) is 2.97. The van der Waals surface area contributed by atoms with Gasteiger partial charge in [0.1, 0.15) is 11.2 Å². The molecule has 0 aliphatic heterocycles. The van der Waals surface area contributed by atoms with Crippen LogP contribution in [0.1, 0.15) is 0 Å². The summed E-state index contributed by atoms with van der Waals surface area (Å²) in [7, 11) is -4.13. The molecule has 1 aromatic rings. The van der Waals surface area contributed by atoms with Crippen LogP contribution >= 0.6 is 12.4 Å². The highest BCUT2D eigenvalue weighted by molar-refractivity contribution is 7.85. The van der Waals surface area contributed by atoms with E-state index in [0.29, 0.717) is 0 Å². The Hall–Kier alpha value is -0.720. The number of rotatable bonds is 1. The van der Waals surface area contributed by atoms with Gasteiger partial charge in [0.15, 0.2) is 0 Å². The van der Waals surface area contributed by atoms with E-state index < -0.39 is 10.1 Å². The summed E-state index contributed by atoms with van der Waals surface area (Å²) in [5, 5.41) is 0. The first-order valence-electron chi connectivity index (χ1n) is 2.33. The van der Waals surface area contributed by atoms with Crippen LogP contribution in [0, 0.1) is 0 Å². The Morgan fingerprint density at radius 3 is 2.00 bits per heavy atom. The molecule has 1 rings (SSSR count). The molecule has 62 valence electrons. The standard InChI is InChI=1S/C4H4N2O3S.ClH/c7-10(8,9)4-1-5-3-6-2-4;/h1-3H,(H,7,8,9);1H. The van der Waals surface area contributed by atoms with Crippen molar-refractivity contribution in [3.05, 3.63) is 18.7 Å². The molecule has 0 saturated carbocycles. The summed E-state index contributed by atoms with van der Waals surface area (Å²) < 4.78 is 29.0. The van der Waals surface area contributed by atoms with Crippen LogP contribution < -0.4 is 0 Å². The molecule has 7 heteroatoms. The van der Waals surface area contributed by atoms with Crippen molar-refractivity contribution in [2.24, 2.45) is 0 Å².